The molecule has 0 radical (unpaired) electrons. The number of nitrogens with one attached hydrogen (secondary N) is 1. The maximum Gasteiger partial charge on any atom is 0.129 e. The number of hydrogen-bond acceptors (Lipinski definition) is 2. The molecule has 22 heavy (non-hydrogen) atoms. The molecule has 0 saturated carbocycles. The molecule has 1 fully saturated rings. The molecule has 1 spiro atoms. The number of fused-ring (bicyclic) bond motifs is 2. The number of rotatable bonds is 2. The summed E-state index contributed by atoms with van der Waals surface area (Å²) in [5.74, 6) is -0.116. The highest BCUT2D eigenvalue weighted by molar-refractivity contribution is 5.40. The van der Waals surface area contributed by atoms with Gasteiger partial charge >= 0.3 is 0 Å². The minimum absolute atomic E-state index is 0.0498. The second-order valence-corrected chi connectivity index (χ2v) is 6.24. The summed E-state index contributed by atoms with van der Waals surface area (Å²) in [6, 6.07) is 15.7. The Morgan fingerprint density at radius 1 is 1.05 bits per heavy atom. The summed E-state index contributed by atoms with van der Waals surface area (Å²) in [5, 5.41) is 3.35. The van der Waals surface area contributed by atoms with Gasteiger partial charge in [-0.15, -0.1) is 0 Å². The van der Waals surface area contributed by atoms with Gasteiger partial charge in [0, 0.05) is 12.0 Å². The smallest absolute Gasteiger partial charge is 0.129 e. The Labute approximate surface area is 130 Å². The normalized spacial score (nSPS) is 22.7. The van der Waals surface area contributed by atoms with Gasteiger partial charge in [0.15, 0.2) is 0 Å². The fraction of sp³-hybridized carbons (Fsp3) is 0.368. The van der Waals surface area contributed by atoms with Crippen LogP contribution in [0, 0.1) is 5.82 Å². The zero-order valence-electron chi connectivity index (χ0n) is 12.5. The van der Waals surface area contributed by atoms with E-state index in [-0.39, 0.29) is 11.9 Å². The van der Waals surface area contributed by atoms with Crippen LogP contribution in [-0.4, -0.2) is 13.1 Å². The van der Waals surface area contributed by atoms with Gasteiger partial charge in [0.25, 0.3) is 0 Å². The third-order valence-corrected chi connectivity index (χ3v) is 4.89. The van der Waals surface area contributed by atoms with E-state index in [2.05, 4.69) is 17.4 Å². The first-order valence-electron chi connectivity index (χ1n) is 8.00. The van der Waals surface area contributed by atoms with Gasteiger partial charge < -0.3 is 10.1 Å². The first-order valence-corrected chi connectivity index (χ1v) is 8.00. The lowest BCUT2D eigenvalue weighted by Crippen LogP contribution is -2.40. The van der Waals surface area contributed by atoms with E-state index < -0.39 is 5.60 Å². The summed E-state index contributed by atoms with van der Waals surface area (Å²) >= 11 is 0. The van der Waals surface area contributed by atoms with Gasteiger partial charge in [0.05, 0.1) is 11.7 Å². The maximum atomic E-state index is 14.5. The Morgan fingerprint density at radius 2 is 1.82 bits per heavy atom. The largest absolute Gasteiger partial charge is 0.362 e. The van der Waals surface area contributed by atoms with Crippen molar-refractivity contribution in [1.82, 2.24) is 5.32 Å². The van der Waals surface area contributed by atoms with Crippen LogP contribution in [0.5, 0.6) is 0 Å². The average Bonchev–Trinajstić information content (AvgIpc) is 2.84. The number of ether oxygens (including phenoxy) is 1. The Morgan fingerprint density at radius 3 is 2.59 bits per heavy atom. The van der Waals surface area contributed by atoms with Gasteiger partial charge in [-0.3, -0.25) is 0 Å². The second-order valence-electron chi connectivity index (χ2n) is 6.24. The second kappa shape index (κ2) is 5.49. The van der Waals surface area contributed by atoms with Crippen LogP contribution >= 0.6 is 0 Å². The number of halogens is 1. The molecule has 0 bridgehead atoms. The maximum absolute atomic E-state index is 14.5. The first kappa shape index (κ1) is 13.9. The molecule has 0 amide bonds. The molecule has 2 nitrogen and oxygen atoms in total. The Kier molecular flexibility index (Phi) is 3.47. The van der Waals surface area contributed by atoms with Crippen molar-refractivity contribution in [3.63, 3.8) is 0 Å². The quantitative estimate of drug-likeness (QED) is 0.912. The van der Waals surface area contributed by atoms with Gasteiger partial charge in [-0.2, -0.15) is 0 Å². The standard InChI is InChI=1S/C19H20FNO/c20-16-8-4-7-15-17(13-14-5-2-1-3-6-14)22-19(18(15)16)9-11-21-12-10-19/h1-8,17,21H,9-13H2/t17-/m1/s1. The van der Waals surface area contributed by atoms with Crippen molar-refractivity contribution in [3.05, 3.63) is 71.0 Å². The van der Waals surface area contributed by atoms with Crippen molar-refractivity contribution in [2.24, 2.45) is 0 Å². The molecule has 2 aromatic carbocycles. The predicted molar refractivity (Wildman–Crippen MR) is 84.2 cm³/mol. The Hall–Kier alpha value is -1.71. The lowest BCUT2D eigenvalue weighted by Gasteiger charge is -2.35. The van der Waals surface area contributed by atoms with E-state index in [4.69, 9.17) is 4.74 Å². The topological polar surface area (TPSA) is 21.3 Å². The van der Waals surface area contributed by atoms with Crippen molar-refractivity contribution >= 4 is 0 Å². The predicted octanol–water partition coefficient (Wildman–Crippen LogP) is 3.72. The lowest BCUT2D eigenvalue weighted by molar-refractivity contribution is -0.0950. The minimum atomic E-state index is -0.439. The summed E-state index contributed by atoms with van der Waals surface area (Å²) in [4.78, 5) is 0. The highest BCUT2D eigenvalue weighted by Gasteiger charge is 2.47. The third kappa shape index (κ3) is 2.25. The molecule has 2 aliphatic rings. The summed E-state index contributed by atoms with van der Waals surface area (Å²) in [6.07, 6.45) is 2.43. The SMILES string of the molecule is Fc1cccc2c1C1(CCNCC1)O[C@@H]2Cc1ccccc1. The molecular formula is C19H20FNO. The summed E-state index contributed by atoms with van der Waals surface area (Å²) < 4.78 is 21.0. The van der Waals surface area contributed by atoms with Crippen molar-refractivity contribution in [1.29, 1.82) is 0 Å². The molecule has 0 aliphatic carbocycles. The zero-order chi connectivity index (χ0) is 15.0. The van der Waals surface area contributed by atoms with Gasteiger partial charge in [-0.05, 0) is 43.1 Å². The van der Waals surface area contributed by atoms with Crippen LogP contribution in [-0.2, 0) is 16.8 Å². The van der Waals surface area contributed by atoms with Gasteiger partial charge in [-0.1, -0.05) is 42.5 Å². The van der Waals surface area contributed by atoms with Crippen LogP contribution in [0.25, 0.3) is 0 Å². The molecule has 1 atom stereocenters. The molecule has 0 aromatic heterocycles. The Bertz CT molecular complexity index is 664. The highest BCUT2D eigenvalue weighted by atomic mass is 19.1. The third-order valence-electron chi connectivity index (χ3n) is 4.89. The molecule has 3 heteroatoms. The molecule has 114 valence electrons. The van der Waals surface area contributed by atoms with Crippen LogP contribution in [0.2, 0.25) is 0 Å². The number of piperidine rings is 1. The van der Waals surface area contributed by atoms with Crippen LogP contribution in [0.15, 0.2) is 48.5 Å². The fourth-order valence-corrected chi connectivity index (χ4v) is 3.86. The fourth-order valence-electron chi connectivity index (χ4n) is 3.86. The van der Waals surface area contributed by atoms with Crippen LogP contribution in [0.1, 0.15) is 35.6 Å². The molecular weight excluding hydrogens is 277 g/mol. The van der Waals surface area contributed by atoms with Crippen LogP contribution < -0.4 is 5.32 Å². The van der Waals surface area contributed by atoms with E-state index in [1.807, 2.05) is 24.3 Å². The van der Waals surface area contributed by atoms with E-state index in [9.17, 15) is 4.39 Å². The van der Waals surface area contributed by atoms with E-state index in [1.54, 1.807) is 12.1 Å². The summed E-state index contributed by atoms with van der Waals surface area (Å²) in [6.45, 7) is 1.76. The van der Waals surface area contributed by atoms with Crippen molar-refractivity contribution in [2.45, 2.75) is 31.0 Å². The van der Waals surface area contributed by atoms with Gasteiger partial charge in [0.1, 0.15) is 5.82 Å². The van der Waals surface area contributed by atoms with Gasteiger partial charge in [-0.25, -0.2) is 4.39 Å². The van der Waals surface area contributed by atoms with E-state index in [0.29, 0.717) is 0 Å². The van der Waals surface area contributed by atoms with Gasteiger partial charge in [0.2, 0.25) is 0 Å². The average molecular weight is 297 g/mol. The number of benzene rings is 2. The van der Waals surface area contributed by atoms with E-state index in [1.165, 1.54) is 5.56 Å². The van der Waals surface area contributed by atoms with E-state index in [0.717, 1.165) is 43.5 Å². The molecule has 4 rings (SSSR count). The van der Waals surface area contributed by atoms with Crippen LogP contribution in [0.4, 0.5) is 4.39 Å². The summed E-state index contributed by atoms with van der Waals surface area (Å²) in [7, 11) is 0. The molecule has 0 unspecified atom stereocenters. The first-order chi connectivity index (χ1) is 10.8. The zero-order valence-corrected chi connectivity index (χ0v) is 12.5. The lowest BCUT2D eigenvalue weighted by atomic mass is 9.83. The summed E-state index contributed by atoms with van der Waals surface area (Å²) in [5.41, 5.74) is 2.63. The molecule has 2 aromatic rings. The van der Waals surface area contributed by atoms with Crippen molar-refractivity contribution in [2.75, 3.05) is 13.1 Å². The van der Waals surface area contributed by atoms with Crippen molar-refractivity contribution < 1.29 is 9.13 Å². The van der Waals surface area contributed by atoms with Crippen LogP contribution in [0.3, 0.4) is 0 Å². The molecule has 1 saturated heterocycles. The van der Waals surface area contributed by atoms with Crippen molar-refractivity contribution in [3.8, 4) is 0 Å². The minimum Gasteiger partial charge on any atom is -0.362 e. The molecule has 1 N–H and O–H groups in total. The highest BCUT2D eigenvalue weighted by Crippen LogP contribution is 2.50. The number of hydrogen-bond donors (Lipinski definition) is 1. The molecule has 2 heterocycles. The molecule has 2 aliphatic heterocycles. The van der Waals surface area contributed by atoms with E-state index >= 15 is 0 Å². The monoisotopic (exact) mass is 297 g/mol. The Balaban J connectivity index is 1.72.